The minimum Gasteiger partial charge on any atom is -0.451 e. The van der Waals surface area contributed by atoms with Gasteiger partial charge < -0.3 is 29.9 Å². The molecule has 2 fully saturated rings. The maximum Gasteiger partial charge on any atom is 0.434 e. The monoisotopic (exact) mass is 673 g/mol. The first-order valence-corrected chi connectivity index (χ1v) is 16.9. The van der Waals surface area contributed by atoms with E-state index in [1.807, 2.05) is 12.1 Å². The summed E-state index contributed by atoms with van der Waals surface area (Å²) in [7, 11) is -1.08. The number of methoxy groups -OCH3 is 1. The van der Waals surface area contributed by atoms with Gasteiger partial charge in [0.25, 0.3) is 5.91 Å². The molecule has 6 rings (SSSR count). The van der Waals surface area contributed by atoms with E-state index in [0.29, 0.717) is 36.2 Å². The molecule has 0 atom stereocenters. The molecule has 4 heterocycles. The molecule has 252 valence electrons. The van der Waals surface area contributed by atoms with E-state index in [2.05, 4.69) is 32.6 Å². The number of carbonyl (C=O) groups is 2. The molecule has 0 spiro atoms. The van der Waals surface area contributed by atoms with Gasteiger partial charge in [-0.2, -0.15) is 8.99 Å². The van der Waals surface area contributed by atoms with Crippen LogP contribution in [0.4, 0.5) is 30.8 Å². The lowest BCUT2D eigenvalue weighted by molar-refractivity contribution is 0.0904. The second-order valence-corrected chi connectivity index (χ2v) is 13.8. The second kappa shape index (κ2) is 13.5. The molecular weight excluding hydrogens is 636 g/mol. The molecule has 0 radical (unpaired) electrons. The number of sulfonamides is 1. The molecule has 2 aromatic carbocycles. The summed E-state index contributed by atoms with van der Waals surface area (Å²) >= 11 is 0. The molecule has 16 heteroatoms. The van der Waals surface area contributed by atoms with E-state index in [-0.39, 0.29) is 36.9 Å². The quantitative estimate of drug-likeness (QED) is 0.385. The lowest BCUT2D eigenvalue weighted by atomic mass is 10.1. The molecule has 3 aliphatic heterocycles. The molecule has 0 saturated carbocycles. The molecular formula is C31H37F2N7O6S. The Morgan fingerprint density at radius 3 is 2.38 bits per heavy atom. The lowest BCUT2D eigenvalue weighted by Crippen LogP contribution is -2.44. The fourth-order valence-electron chi connectivity index (χ4n) is 6.11. The largest absolute Gasteiger partial charge is 0.451 e. The van der Waals surface area contributed by atoms with Crippen molar-refractivity contribution in [3.8, 4) is 0 Å². The molecule has 2 N–H and O–H groups in total. The Kier molecular flexibility index (Phi) is 9.46. The van der Waals surface area contributed by atoms with Gasteiger partial charge in [-0.1, -0.05) is 0 Å². The predicted molar refractivity (Wildman–Crippen MR) is 169 cm³/mol. The van der Waals surface area contributed by atoms with Gasteiger partial charge in [0.05, 0.1) is 23.3 Å². The highest BCUT2D eigenvalue weighted by Gasteiger charge is 2.35. The molecule has 13 nitrogen and oxygen atoms in total. The zero-order valence-corrected chi connectivity index (χ0v) is 27.0. The highest BCUT2D eigenvalue weighted by atomic mass is 32.2. The molecule has 3 aliphatic rings. The van der Waals surface area contributed by atoms with Crippen molar-refractivity contribution in [1.29, 1.82) is 0 Å². The number of ether oxygens (including phenoxy) is 2. The Balaban J connectivity index is 1.31. The molecule has 1 aromatic heterocycles. The van der Waals surface area contributed by atoms with Gasteiger partial charge in [0, 0.05) is 87.9 Å². The first kappa shape index (κ1) is 32.8. The van der Waals surface area contributed by atoms with Crippen LogP contribution in [0.1, 0.15) is 34.5 Å². The summed E-state index contributed by atoms with van der Waals surface area (Å²) in [5.74, 6) is -2.61. The molecule has 0 bridgehead atoms. The fraction of sp³-hybridized carbons (Fsp3) is 0.452. The van der Waals surface area contributed by atoms with Crippen LogP contribution in [0.25, 0.3) is 0 Å². The van der Waals surface area contributed by atoms with Crippen molar-refractivity contribution in [2.24, 2.45) is 0 Å². The summed E-state index contributed by atoms with van der Waals surface area (Å²) in [6, 6.07) is 7.76. The number of piperazine rings is 1. The minimum atomic E-state index is -4.35. The van der Waals surface area contributed by atoms with Gasteiger partial charge >= 0.3 is 6.09 Å². The number of rotatable bonds is 7. The van der Waals surface area contributed by atoms with Crippen molar-refractivity contribution in [1.82, 2.24) is 19.0 Å². The standard InChI is InChI=1S/C31H37F2N7O6S/c1-37-9-11-38(12-10-37)23-3-4-25(27(18-23)34-22-6-13-46-14-7-22)30(41)35-29-26-19-39(8-5-28(26)40(36-29)31(42)45-2)47(43,44)24-16-20(32)15-21(33)17-24/h3-4,15-18,22,34H,5-14,19H2,1-2H3,(H,35,36,41). The second-order valence-electron chi connectivity index (χ2n) is 11.9. The molecule has 1 amide bonds. The third-order valence-electron chi connectivity index (χ3n) is 8.77. The van der Waals surface area contributed by atoms with Gasteiger partial charge in [-0.05, 0) is 50.2 Å². The summed E-state index contributed by atoms with van der Waals surface area (Å²) in [5, 5.41) is 10.6. The van der Waals surface area contributed by atoms with Gasteiger partial charge in [0.1, 0.15) is 11.6 Å². The number of fused-ring (bicyclic) bond motifs is 1. The normalized spacial score (nSPS) is 18.1. The van der Waals surface area contributed by atoms with Crippen LogP contribution in [0.15, 0.2) is 41.3 Å². The number of halogens is 2. The number of hydrogen-bond acceptors (Lipinski definition) is 10. The van der Waals surface area contributed by atoms with Crippen LogP contribution in [-0.2, 0) is 32.5 Å². The number of nitrogens with zero attached hydrogens (tertiary/aromatic N) is 5. The van der Waals surface area contributed by atoms with Crippen LogP contribution in [0.2, 0.25) is 0 Å². The maximum absolute atomic E-state index is 13.9. The molecule has 3 aromatic rings. The van der Waals surface area contributed by atoms with E-state index in [1.165, 1.54) is 7.11 Å². The van der Waals surface area contributed by atoms with Crippen molar-refractivity contribution in [3.63, 3.8) is 0 Å². The van der Waals surface area contributed by atoms with Gasteiger partial charge in [-0.25, -0.2) is 22.0 Å². The summed E-state index contributed by atoms with van der Waals surface area (Å²) in [6.07, 6.45) is 0.761. The summed E-state index contributed by atoms with van der Waals surface area (Å²) < 4.78 is 67.2. The van der Waals surface area contributed by atoms with Gasteiger partial charge in [-0.15, -0.1) is 5.10 Å². The zero-order valence-electron chi connectivity index (χ0n) is 26.2. The van der Waals surface area contributed by atoms with Crippen molar-refractivity contribution in [3.05, 3.63) is 64.9 Å². The Bertz CT molecular complexity index is 1750. The van der Waals surface area contributed by atoms with Gasteiger partial charge in [0.2, 0.25) is 10.0 Å². The predicted octanol–water partition coefficient (Wildman–Crippen LogP) is 3.12. The van der Waals surface area contributed by atoms with Crippen molar-refractivity contribution < 1.29 is 36.3 Å². The van der Waals surface area contributed by atoms with E-state index >= 15 is 0 Å². The smallest absolute Gasteiger partial charge is 0.434 e. The van der Waals surface area contributed by atoms with Crippen molar-refractivity contribution in [2.45, 2.75) is 36.7 Å². The number of aromatic nitrogens is 2. The molecule has 0 aliphatic carbocycles. The van der Waals surface area contributed by atoms with E-state index < -0.39 is 38.6 Å². The first-order valence-electron chi connectivity index (χ1n) is 15.4. The van der Waals surface area contributed by atoms with Gasteiger partial charge in [-0.3, -0.25) is 4.79 Å². The highest BCUT2D eigenvalue weighted by Crippen LogP contribution is 2.32. The van der Waals surface area contributed by atoms with E-state index in [1.54, 1.807) is 6.07 Å². The maximum atomic E-state index is 13.9. The highest BCUT2D eigenvalue weighted by molar-refractivity contribution is 7.89. The fourth-order valence-corrected chi connectivity index (χ4v) is 7.56. The topological polar surface area (TPSA) is 138 Å². The van der Waals surface area contributed by atoms with Crippen LogP contribution in [0.3, 0.4) is 0 Å². The number of carbonyl (C=O) groups excluding carboxylic acids is 2. The number of nitrogens with one attached hydrogen (secondary N) is 2. The number of hydrogen-bond donors (Lipinski definition) is 2. The van der Waals surface area contributed by atoms with Crippen LogP contribution < -0.4 is 15.5 Å². The summed E-state index contributed by atoms with van der Waals surface area (Å²) in [4.78, 5) is 30.6. The van der Waals surface area contributed by atoms with Crippen LogP contribution in [0, 0.1) is 11.6 Å². The lowest BCUT2D eigenvalue weighted by Gasteiger charge is -2.34. The Morgan fingerprint density at radius 2 is 1.70 bits per heavy atom. The van der Waals surface area contributed by atoms with Crippen molar-refractivity contribution in [2.75, 3.05) is 75.6 Å². The van der Waals surface area contributed by atoms with Crippen LogP contribution in [-0.4, -0.2) is 106 Å². The molecule has 2 saturated heterocycles. The number of anilines is 3. The van der Waals surface area contributed by atoms with E-state index in [4.69, 9.17) is 9.47 Å². The Hall–Kier alpha value is -4.12. The van der Waals surface area contributed by atoms with Crippen LogP contribution in [0.5, 0.6) is 0 Å². The molecule has 47 heavy (non-hydrogen) atoms. The van der Waals surface area contributed by atoms with Gasteiger partial charge in [0.15, 0.2) is 5.82 Å². The van der Waals surface area contributed by atoms with Crippen LogP contribution >= 0.6 is 0 Å². The SMILES string of the molecule is COC(=O)n1nc(NC(=O)c2ccc(N3CCN(C)CC3)cc2NC2CCOCC2)c2c1CCN(S(=O)(=O)c1cc(F)cc(F)c1)C2. The third kappa shape index (κ3) is 6.95. The number of likely N-dealkylation sites (N-methyl/N-ethyl adjacent to an activating group) is 1. The van der Waals surface area contributed by atoms with Crippen molar-refractivity contribution >= 4 is 39.2 Å². The zero-order chi connectivity index (χ0) is 33.3. The third-order valence-corrected chi connectivity index (χ3v) is 10.6. The van der Waals surface area contributed by atoms with E-state index in [0.717, 1.165) is 65.8 Å². The average molecular weight is 674 g/mol. The van der Waals surface area contributed by atoms with E-state index in [9.17, 15) is 26.8 Å². The summed E-state index contributed by atoms with van der Waals surface area (Å²) in [5.41, 5.74) is 2.57. The average Bonchev–Trinajstić information content (AvgIpc) is 3.42. The Labute approximate surface area is 271 Å². The number of benzene rings is 2. The molecule has 0 unspecified atom stereocenters. The first-order chi connectivity index (χ1) is 22.5. The Morgan fingerprint density at radius 1 is 1.00 bits per heavy atom. The minimum absolute atomic E-state index is 0.0270. The summed E-state index contributed by atoms with van der Waals surface area (Å²) in [6.45, 7) is 4.33. The number of amides is 1.